The maximum atomic E-state index is 10.7. The highest BCUT2D eigenvalue weighted by atomic mass is 79.9. The van der Waals surface area contributed by atoms with Crippen LogP contribution >= 0.6 is 31.9 Å². The molecule has 0 saturated carbocycles. The van der Waals surface area contributed by atoms with E-state index in [1.807, 2.05) is 0 Å². The molecule has 0 aromatic carbocycles. The topological polar surface area (TPSA) is 34.1 Å². The molecular weight excluding hydrogens is 276 g/mol. The molecule has 2 nitrogen and oxygen atoms in total. The standard InChI is InChI=1S/C7H10Br2O2/c8-4-6(10)2-1-3-7(11)5-9/h1-5H2. The Morgan fingerprint density at radius 2 is 1.27 bits per heavy atom. The molecular formula is C7H10Br2O2. The Kier molecular flexibility index (Phi) is 7.17. The maximum absolute atomic E-state index is 10.7. The van der Waals surface area contributed by atoms with Gasteiger partial charge in [0.05, 0.1) is 10.7 Å². The smallest absolute Gasteiger partial charge is 0.143 e. The van der Waals surface area contributed by atoms with Crippen LogP contribution < -0.4 is 0 Å². The molecule has 0 aliphatic heterocycles. The number of alkyl halides is 2. The van der Waals surface area contributed by atoms with E-state index in [0.717, 1.165) is 0 Å². The lowest BCUT2D eigenvalue weighted by atomic mass is 10.1. The molecule has 11 heavy (non-hydrogen) atoms. The lowest BCUT2D eigenvalue weighted by Crippen LogP contribution is -2.02. The van der Waals surface area contributed by atoms with Gasteiger partial charge in [-0.25, -0.2) is 0 Å². The Balaban J connectivity index is 3.27. The van der Waals surface area contributed by atoms with E-state index < -0.39 is 0 Å². The van der Waals surface area contributed by atoms with Gasteiger partial charge in [-0.2, -0.15) is 0 Å². The van der Waals surface area contributed by atoms with E-state index >= 15 is 0 Å². The fourth-order valence-corrected chi connectivity index (χ4v) is 1.18. The highest BCUT2D eigenvalue weighted by Crippen LogP contribution is 2.00. The summed E-state index contributed by atoms with van der Waals surface area (Å²) in [5.41, 5.74) is 0. The lowest BCUT2D eigenvalue weighted by molar-refractivity contribution is -0.117. The average Bonchev–Trinajstić information content (AvgIpc) is 2.04. The molecule has 0 amide bonds. The van der Waals surface area contributed by atoms with E-state index in [2.05, 4.69) is 31.9 Å². The molecule has 64 valence electrons. The molecule has 0 bridgehead atoms. The summed E-state index contributed by atoms with van der Waals surface area (Å²) in [7, 11) is 0. The van der Waals surface area contributed by atoms with Crippen LogP contribution in [-0.4, -0.2) is 22.2 Å². The van der Waals surface area contributed by atoms with Crippen LogP contribution in [-0.2, 0) is 9.59 Å². The van der Waals surface area contributed by atoms with Gasteiger partial charge < -0.3 is 0 Å². The fraction of sp³-hybridized carbons (Fsp3) is 0.714. The summed E-state index contributed by atoms with van der Waals surface area (Å²) in [6.45, 7) is 0. The van der Waals surface area contributed by atoms with Gasteiger partial charge in [0.25, 0.3) is 0 Å². The average molecular weight is 286 g/mol. The van der Waals surface area contributed by atoms with Gasteiger partial charge in [0, 0.05) is 12.8 Å². The minimum Gasteiger partial charge on any atom is -0.299 e. The predicted molar refractivity (Wildman–Crippen MR) is 51.5 cm³/mol. The highest BCUT2D eigenvalue weighted by molar-refractivity contribution is 9.09. The third-order valence-electron chi connectivity index (χ3n) is 1.21. The number of Topliss-reactive ketones (excluding diaryl/α,β-unsaturated/α-hetero) is 2. The van der Waals surface area contributed by atoms with Gasteiger partial charge >= 0.3 is 0 Å². The third kappa shape index (κ3) is 6.69. The molecule has 0 saturated heterocycles. The van der Waals surface area contributed by atoms with Crippen molar-refractivity contribution >= 4 is 43.4 Å². The van der Waals surface area contributed by atoms with E-state index in [9.17, 15) is 9.59 Å². The number of hydrogen-bond acceptors (Lipinski definition) is 2. The Bertz CT molecular complexity index is 129. The Labute approximate surface area is 83.0 Å². The van der Waals surface area contributed by atoms with Gasteiger partial charge in [0.2, 0.25) is 0 Å². The molecule has 0 fully saturated rings. The minimum absolute atomic E-state index is 0.160. The minimum atomic E-state index is 0.160. The van der Waals surface area contributed by atoms with Crippen molar-refractivity contribution in [3.05, 3.63) is 0 Å². The van der Waals surface area contributed by atoms with Crippen molar-refractivity contribution in [3.8, 4) is 0 Å². The summed E-state index contributed by atoms with van der Waals surface area (Å²) >= 11 is 6.11. The third-order valence-corrected chi connectivity index (χ3v) is 2.46. The molecule has 0 spiro atoms. The van der Waals surface area contributed by atoms with Crippen LogP contribution in [0.1, 0.15) is 19.3 Å². The van der Waals surface area contributed by atoms with Crippen LogP contribution in [0.3, 0.4) is 0 Å². The van der Waals surface area contributed by atoms with Gasteiger partial charge in [-0.1, -0.05) is 31.9 Å². The molecule has 0 aromatic rings. The summed E-state index contributed by atoms with van der Waals surface area (Å²) in [5.74, 6) is 0.319. The Morgan fingerprint density at radius 3 is 1.55 bits per heavy atom. The Hall–Kier alpha value is 0.300. The van der Waals surface area contributed by atoms with Gasteiger partial charge in [0.1, 0.15) is 11.6 Å². The van der Waals surface area contributed by atoms with Gasteiger partial charge in [-0.05, 0) is 6.42 Å². The second kappa shape index (κ2) is 6.98. The summed E-state index contributed by atoms with van der Waals surface area (Å²) < 4.78 is 0. The molecule has 0 aliphatic carbocycles. The summed E-state index contributed by atoms with van der Waals surface area (Å²) in [4.78, 5) is 21.4. The van der Waals surface area contributed by atoms with Crippen LogP contribution in [0, 0.1) is 0 Å². The first-order valence-electron chi connectivity index (χ1n) is 3.36. The maximum Gasteiger partial charge on any atom is 0.143 e. The molecule has 0 heterocycles. The Morgan fingerprint density at radius 1 is 0.909 bits per heavy atom. The number of carbonyl (C=O) groups is 2. The van der Waals surface area contributed by atoms with Gasteiger partial charge in [-0.3, -0.25) is 9.59 Å². The van der Waals surface area contributed by atoms with Crippen molar-refractivity contribution in [1.29, 1.82) is 0 Å². The van der Waals surface area contributed by atoms with Crippen molar-refractivity contribution in [3.63, 3.8) is 0 Å². The van der Waals surface area contributed by atoms with Gasteiger partial charge in [-0.15, -0.1) is 0 Å². The first-order chi connectivity index (χ1) is 5.20. The van der Waals surface area contributed by atoms with Gasteiger partial charge in [0.15, 0.2) is 0 Å². The SMILES string of the molecule is O=C(CBr)CCCC(=O)CBr. The molecule has 0 atom stereocenters. The monoisotopic (exact) mass is 284 g/mol. The van der Waals surface area contributed by atoms with E-state index in [4.69, 9.17) is 0 Å². The molecule has 0 rings (SSSR count). The molecule has 0 aliphatic rings. The van der Waals surface area contributed by atoms with Crippen LogP contribution in [0.2, 0.25) is 0 Å². The largest absolute Gasteiger partial charge is 0.299 e. The zero-order valence-electron chi connectivity index (χ0n) is 6.11. The second-order valence-corrected chi connectivity index (χ2v) is 3.32. The van der Waals surface area contributed by atoms with Crippen molar-refractivity contribution in [1.82, 2.24) is 0 Å². The van der Waals surface area contributed by atoms with Crippen molar-refractivity contribution in [2.24, 2.45) is 0 Å². The van der Waals surface area contributed by atoms with Crippen molar-refractivity contribution < 1.29 is 9.59 Å². The van der Waals surface area contributed by atoms with E-state index in [1.54, 1.807) is 0 Å². The number of hydrogen-bond donors (Lipinski definition) is 0. The summed E-state index contributed by atoms with van der Waals surface area (Å²) in [6, 6.07) is 0. The van der Waals surface area contributed by atoms with E-state index in [1.165, 1.54) is 0 Å². The molecule has 0 aromatic heterocycles. The zero-order chi connectivity index (χ0) is 8.69. The summed E-state index contributed by atoms with van der Waals surface area (Å²) in [6.07, 6.45) is 1.68. The number of ketones is 2. The predicted octanol–water partition coefficient (Wildman–Crippen LogP) is 2.08. The summed E-state index contributed by atoms with van der Waals surface area (Å²) in [5, 5.41) is 0.797. The van der Waals surface area contributed by atoms with E-state index in [-0.39, 0.29) is 11.6 Å². The molecule has 0 unspecified atom stereocenters. The first kappa shape index (κ1) is 11.3. The van der Waals surface area contributed by atoms with Crippen LogP contribution in [0.15, 0.2) is 0 Å². The second-order valence-electron chi connectivity index (χ2n) is 2.20. The molecule has 0 N–H and O–H groups in total. The van der Waals surface area contributed by atoms with Crippen LogP contribution in [0.4, 0.5) is 0 Å². The first-order valence-corrected chi connectivity index (χ1v) is 5.60. The normalized spacial score (nSPS) is 9.64. The highest BCUT2D eigenvalue weighted by Gasteiger charge is 2.02. The van der Waals surface area contributed by atoms with Crippen LogP contribution in [0.5, 0.6) is 0 Å². The zero-order valence-corrected chi connectivity index (χ0v) is 9.28. The van der Waals surface area contributed by atoms with Crippen LogP contribution in [0.25, 0.3) is 0 Å². The van der Waals surface area contributed by atoms with Crippen molar-refractivity contribution in [2.45, 2.75) is 19.3 Å². The number of halogens is 2. The molecule has 4 heteroatoms. The quantitative estimate of drug-likeness (QED) is 0.701. The number of carbonyl (C=O) groups excluding carboxylic acids is 2. The number of rotatable bonds is 6. The van der Waals surface area contributed by atoms with E-state index in [0.29, 0.717) is 29.9 Å². The lowest BCUT2D eigenvalue weighted by Gasteiger charge is -1.94. The van der Waals surface area contributed by atoms with Crippen molar-refractivity contribution in [2.75, 3.05) is 10.7 Å². The fourth-order valence-electron chi connectivity index (χ4n) is 0.616. The molecule has 0 radical (unpaired) electrons.